The van der Waals surface area contributed by atoms with Gasteiger partial charge in [0.25, 0.3) is 0 Å². The van der Waals surface area contributed by atoms with Crippen molar-refractivity contribution in [3.8, 4) is 0 Å². The fourth-order valence-electron chi connectivity index (χ4n) is 2.35. The molecule has 0 unspecified atom stereocenters. The van der Waals surface area contributed by atoms with Crippen LogP contribution >= 0.6 is 11.6 Å². The van der Waals surface area contributed by atoms with E-state index in [-0.39, 0.29) is 0 Å². The van der Waals surface area contributed by atoms with Gasteiger partial charge in [-0.1, -0.05) is 30.9 Å². The molecular formula is C12H20ClN3. The average Bonchev–Trinajstić information content (AvgIpc) is 2.72. The number of hydrogen-bond acceptors (Lipinski definition) is 2. The first kappa shape index (κ1) is 11.9. The van der Waals surface area contributed by atoms with Crippen molar-refractivity contribution in [1.29, 1.82) is 0 Å². The van der Waals surface area contributed by atoms with Crippen molar-refractivity contribution in [2.45, 2.75) is 38.6 Å². The number of nitrogens with zero attached hydrogens (tertiary/aromatic N) is 2. The lowest BCUT2D eigenvalue weighted by molar-refractivity contribution is 0.339. The maximum absolute atomic E-state index is 5.79. The van der Waals surface area contributed by atoms with Gasteiger partial charge < -0.3 is 5.32 Å². The zero-order chi connectivity index (χ0) is 11.2. The summed E-state index contributed by atoms with van der Waals surface area (Å²) in [5.74, 6) is 0.898. The van der Waals surface area contributed by atoms with Crippen molar-refractivity contribution in [2.75, 3.05) is 13.1 Å². The molecule has 0 aliphatic heterocycles. The van der Waals surface area contributed by atoms with Gasteiger partial charge in [0.15, 0.2) is 0 Å². The van der Waals surface area contributed by atoms with Gasteiger partial charge in [0.05, 0.1) is 17.8 Å². The van der Waals surface area contributed by atoms with Gasteiger partial charge in [0.2, 0.25) is 0 Å². The molecule has 0 aromatic carbocycles. The van der Waals surface area contributed by atoms with Crippen LogP contribution in [-0.4, -0.2) is 22.9 Å². The van der Waals surface area contributed by atoms with Crippen LogP contribution in [0.15, 0.2) is 12.4 Å². The molecule has 3 nitrogen and oxygen atoms in total. The van der Waals surface area contributed by atoms with Crippen LogP contribution in [0.25, 0.3) is 0 Å². The number of nitrogens with one attached hydrogen (secondary N) is 1. The van der Waals surface area contributed by atoms with Crippen molar-refractivity contribution in [3.63, 3.8) is 0 Å². The molecule has 1 saturated carbocycles. The second-order valence-electron chi connectivity index (χ2n) is 4.63. The second kappa shape index (κ2) is 6.26. The largest absolute Gasteiger partial charge is 0.315 e. The molecule has 1 fully saturated rings. The monoisotopic (exact) mass is 241 g/mol. The van der Waals surface area contributed by atoms with E-state index in [9.17, 15) is 0 Å². The first-order valence-corrected chi connectivity index (χ1v) is 6.61. The maximum atomic E-state index is 5.79. The van der Waals surface area contributed by atoms with E-state index in [1.54, 1.807) is 6.20 Å². The minimum absolute atomic E-state index is 0.715. The van der Waals surface area contributed by atoms with E-state index in [1.165, 1.54) is 32.1 Å². The summed E-state index contributed by atoms with van der Waals surface area (Å²) in [6.45, 7) is 3.04. The van der Waals surface area contributed by atoms with Crippen LogP contribution in [0.4, 0.5) is 0 Å². The molecule has 16 heavy (non-hydrogen) atoms. The predicted octanol–water partition coefficient (Wildman–Crippen LogP) is 2.71. The quantitative estimate of drug-likeness (QED) is 0.804. The summed E-state index contributed by atoms with van der Waals surface area (Å²) in [5, 5.41) is 8.37. The minimum Gasteiger partial charge on any atom is -0.315 e. The number of halogens is 1. The lowest BCUT2D eigenvalue weighted by Gasteiger charge is -2.21. The third-order valence-electron chi connectivity index (χ3n) is 3.28. The third kappa shape index (κ3) is 3.80. The fraction of sp³-hybridized carbons (Fsp3) is 0.750. The molecule has 0 bridgehead atoms. The van der Waals surface area contributed by atoms with E-state index in [1.807, 2.05) is 10.9 Å². The van der Waals surface area contributed by atoms with Gasteiger partial charge in [-0.3, -0.25) is 4.68 Å². The Labute approximate surface area is 102 Å². The highest BCUT2D eigenvalue weighted by atomic mass is 35.5. The van der Waals surface area contributed by atoms with Crippen LogP contribution in [-0.2, 0) is 6.54 Å². The molecule has 4 heteroatoms. The van der Waals surface area contributed by atoms with E-state index in [2.05, 4.69) is 10.4 Å². The highest BCUT2D eigenvalue weighted by Crippen LogP contribution is 2.22. The number of rotatable bonds is 5. The van der Waals surface area contributed by atoms with Gasteiger partial charge in [-0.25, -0.2) is 0 Å². The molecule has 0 spiro atoms. The lowest BCUT2D eigenvalue weighted by Crippen LogP contribution is -2.27. The zero-order valence-corrected chi connectivity index (χ0v) is 10.4. The predicted molar refractivity (Wildman–Crippen MR) is 66.7 cm³/mol. The van der Waals surface area contributed by atoms with Crippen LogP contribution in [0.2, 0.25) is 5.02 Å². The molecule has 0 atom stereocenters. The molecule has 0 saturated heterocycles. The zero-order valence-electron chi connectivity index (χ0n) is 9.66. The highest BCUT2D eigenvalue weighted by Gasteiger charge is 2.12. The van der Waals surface area contributed by atoms with E-state index in [0.29, 0.717) is 5.02 Å². The van der Waals surface area contributed by atoms with Gasteiger partial charge in [-0.15, -0.1) is 0 Å². The van der Waals surface area contributed by atoms with Crippen LogP contribution in [0.1, 0.15) is 32.1 Å². The molecule has 0 amide bonds. The summed E-state index contributed by atoms with van der Waals surface area (Å²) in [7, 11) is 0. The van der Waals surface area contributed by atoms with Crippen molar-refractivity contribution in [2.24, 2.45) is 5.92 Å². The third-order valence-corrected chi connectivity index (χ3v) is 3.47. The lowest BCUT2D eigenvalue weighted by atomic mass is 9.89. The molecule has 1 aromatic heterocycles. The normalized spacial score (nSPS) is 17.8. The Morgan fingerprint density at radius 2 is 2.19 bits per heavy atom. The Morgan fingerprint density at radius 3 is 2.88 bits per heavy atom. The van der Waals surface area contributed by atoms with Crippen LogP contribution in [0, 0.1) is 5.92 Å². The van der Waals surface area contributed by atoms with E-state index in [4.69, 9.17) is 11.6 Å². The van der Waals surface area contributed by atoms with Crippen molar-refractivity contribution >= 4 is 11.6 Å². The van der Waals surface area contributed by atoms with Gasteiger partial charge in [-0.05, 0) is 25.3 Å². The first-order chi connectivity index (χ1) is 7.84. The average molecular weight is 242 g/mol. The van der Waals surface area contributed by atoms with E-state index in [0.717, 1.165) is 25.6 Å². The molecule has 1 aliphatic rings. The van der Waals surface area contributed by atoms with E-state index < -0.39 is 0 Å². The molecule has 1 heterocycles. The Kier molecular flexibility index (Phi) is 4.67. The summed E-state index contributed by atoms with van der Waals surface area (Å²) in [6, 6.07) is 0. The maximum Gasteiger partial charge on any atom is 0.0785 e. The Bertz CT molecular complexity index is 305. The van der Waals surface area contributed by atoms with Crippen molar-refractivity contribution in [1.82, 2.24) is 15.1 Å². The van der Waals surface area contributed by atoms with Crippen LogP contribution < -0.4 is 5.32 Å². The Hall–Kier alpha value is -0.540. The first-order valence-electron chi connectivity index (χ1n) is 6.23. The minimum atomic E-state index is 0.715. The molecule has 1 aromatic rings. The molecule has 90 valence electrons. The standard InChI is InChI=1S/C12H20ClN3/c13-12-9-15-16(10-12)7-6-14-8-11-4-2-1-3-5-11/h9-11,14H,1-8H2. The van der Waals surface area contributed by atoms with Gasteiger partial charge in [-0.2, -0.15) is 5.10 Å². The van der Waals surface area contributed by atoms with Crippen molar-refractivity contribution in [3.05, 3.63) is 17.4 Å². The van der Waals surface area contributed by atoms with Gasteiger partial charge in [0.1, 0.15) is 0 Å². The second-order valence-corrected chi connectivity index (χ2v) is 5.07. The summed E-state index contributed by atoms with van der Waals surface area (Å²) in [4.78, 5) is 0. The smallest absolute Gasteiger partial charge is 0.0785 e. The molecule has 2 rings (SSSR count). The number of hydrogen-bond donors (Lipinski definition) is 1. The van der Waals surface area contributed by atoms with Crippen molar-refractivity contribution < 1.29 is 0 Å². The highest BCUT2D eigenvalue weighted by molar-refractivity contribution is 6.30. The molecule has 0 radical (unpaired) electrons. The molecular weight excluding hydrogens is 222 g/mol. The molecule has 1 aliphatic carbocycles. The molecule has 1 N–H and O–H groups in total. The Balaban J connectivity index is 1.57. The summed E-state index contributed by atoms with van der Waals surface area (Å²) in [6.07, 6.45) is 10.6. The van der Waals surface area contributed by atoms with Crippen LogP contribution in [0.5, 0.6) is 0 Å². The summed E-state index contributed by atoms with van der Waals surface area (Å²) < 4.78 is 1.89. The van der Waals surface area contributed by atoms with Gasteiger partial charge >= 0.3 is 0 Å². The van der Waals surface area contributed by atoms with E-state index >= 15 is 0 Å². The van der Waals surface area contributed by atoms with Gasteiger partial charge in [0, 0.05) is 12.7 Å². The SMILES string of the molecule is Clc1cnn(CCNCC2CCCCC2)c1. The topological polar surface area (TPSA) is 29.9 Å². The summed E-state index contributed by atoms with van der Waals surface area (Å²) >= 11 is 5.79. The fourth-order valence-corrected chi connectivity index (χ4v) is 2.51. The summed E-state index contributed by atoms with van der Waals surface area (Å²) in [5.41, 5.74) is 0. The number of aromatic nitrogens is 2. The van der Waals surface area contributed by atoms with Crippen LogP contribution in [0.3, 0.4) is 0 Å². The Morgan fingerprint density at radius 1 is 1.38 bits per heavy atom.